The summed E-state index contributed by atoms with van der Waals surface area (Å²) in [6.45, 7) is 3.73. The molecule has 0 aromatic heterocycles. The van der Waals surface area contributed by atoms with Crippen LogP contribution in [0.2, 0.25) is 0 Å². The first-order chi connectivity index (χ1) is 29.2. The van der Waals surface area contributed by atoms with E-state index in [1.165, 1.54) is 38.5 Å². The minimum atomic E-state index is -4.71. The lowest BCUT2D eigenvalue weighted by Crippen LogP contribution is -2.37. The van der Waals surface area contributed by atoms with Crippen LogP contribution in [0.3, 0.4) is 0 Å². The second-order valence-corrected chi connectivity index (χ2v) is 18.6. The summed E-state index contributed by atoms with van der Waals surface area (Å²) in [5.41, 5.74) is 0. The molecule has 2 N–H and O–H groups in total. The number of likely N-dealkylation sites (N-methyl/N-ethyl adjacent to an activating group) is 1. The van der Waals surface area contributed by atoms with Gasteiger partial charge in [-0.25, -0.2) is 0 Å². The van der Waals surface area contributed by atoms with Gasteiger partial charge in [-0.05, 0) is 64.2 Å². The van der Waals surface area contributed by atoms with Crippen molar-refractivity contribution in [3.05, 3.63) is 60.8 Å². The van der Waals surface area contributed by atoms with Gasteiger partial charge in [0.25, 0.3) is 7.82 Å². The second-order valence-electron chi connectivity index (χ2n) is 17.2. The van der Waals surface area contributed by atoms with E-state index in [1.54, 1.807) is 12.2 Å². The Morgan fingerprint density at radius 1 is 0.787 bits per heavy atom. The third kappa shape index (κ3) is 31.7. The summed E-state index contributed by atoms with van der Waals surface area (Å²) in [4.78, 5) is 50.3. The lowest BCUT2D eigenvalue weighted by Gasteiger charge is -2.28. The Morgan fingerprint density at radius 3 is 2.02 bits per heavy atom. The van der Waals surface area contributed by atoms with Gasteiger partial charge in [0.05, 0.1) is 40.0 Å². The molecule has 0 saturated heterocycles. The Hall–Kier alpha value is -2.70. The number of carbonyl (C=O) groups is 3. The summed E-state index contributed by atoms with van der Waals surface area (Å²) < 4.78 is 33.8. The van der Waals surface area contributed by atoms with Gasteiger partial charge in [-0.15, -0.1) is 0 Å². The van der Waals surface area contributed by atoms with E-state index in [-0.39, 0.29) is 44.2 Å². The van der Waals surface area contributed by atoms with Gasteiger partial charge in [0.1, 0.15) is 25.5 Å². The van der Waals surface area contributed by atoms with Crippen LogP contribution in [0.1, 0.15) is 149 Å². The average Bonchev–Trinajstić information content (AvgIpc) is 3.47. The predicted octanol–water partition coefficient (Wildman–Crippen LogP) is 9.20. The number of carbonyl (C=O) groups excluding carboxylic acids is 3. The SMILES string of the molecule is CCCCCCCC/C=C\C/C=C\C/C=C\CCCC(=O)O[C@H](COC(=O)CCC/C=C\C[C@H]1[C@@H](O)CC(=O)[C@@H]1/C=C/[C@@H](O)CCCCC)COP(=O)([O-])OCC[N+](C)(C)C. The first-order valence-electron chi connectivity index (χ1n) is 23.1. The van der Waals surface area contributed by atoms with Crippen molar-refractivity contribution in [3.63, 3.8) is 0 Å². The molecule has 13 heteroatoms. The summed E-state index contributed by atoms with van der Waals surface area (Å²) >= 11 is 0. The maximum Gasteiger partial charge on any atom is 0.306 e. The number of hydrogen-bond donors (Lipinski definition) is 2. The molecule has 1 aliphatic carbocycles. The molecule has 0 aromatic rings. The number of ketones is 1. The minimum absolute atomic E-state index is 0.0331. The number of rotatable bonds is 37. The van der Waals surface area contributed by atoms with Crippen molar-refractivity contribution in [2.75, 3.05) is 47.5 Å². The van der Waals surface area contributed by atoms with E-state index in [0.29, 0.717) is 49.6 Å². The number of ether oxygens (including phenoxy) is 2. The van der Waals surface area contributed by atoms with Gasteiger partial charge in [-0.2, -0.15) is 0 Å². The molecule has 0 aliphatic heterocycles. The van der Waals surface area contributed by atoms with Crippen LogP contribution in [0.5, 0.6) is 0 Å². The molecule has 1 unspecified atom stereocenters. The fourth-order valence-corrected chi connectivity index (χ4v) is 7.38. The highest BCUT2D eigenvalue weighted by Crippen LogP contribution is 2.38. The number of aliphatic hydroxyl groups is 2. The van der Waals surface area contributed by atoms with Gasteiger partial charge in [0, 0.05) is 31.1 Å². The Bertz CT molecular complexity index is 1390. The molecule has 0 heterocycles. The molecular weight excluding hydrogens is 797 g/mol. The van der Waals surface area contributed by atoms with Crippen molar-refractivity contribution in [1.82, 2.24) is 0 Å². The number of phosphoric ester groups is 1. The molecule has 6 atom stereocenters. The van der Waals surface area contributed by atoms with Crippen LogP contribution in [-0.2, 0) is 37.5 Å². The Morgan fingerprint density at radius 2 is 1.36 bits per heavy atom. The van der Waals surface area contributed by atoms with Crippen LogP contribution in [-0.4, -0.2) is 98.2 Å². The minimum Gasteiger partial charge on any atom is -0.756 e. The van der Waals surface area contributed by atoms with E-state index in [1.807, 2.05) is 39.4 Å². The van der Waals surface area contributed by atoms with Gasteiger partial charge < -0.3 is 38.1 Å². The molecule has 0 radical (unpaired) electrons. The molecule has 61 heavy (non-hydrogen) atoms. The monoisotopic (exact) mass is 880 g/mol. The van der Waals surface area contributed by atoms with E-state index in [4.69, 9.17) is 18.5 Å². The number of phosphoric acid groups is 1. The molecule has 350 valence electrons. The molecule has 1 saturated carbocycles. The first kappa shape index (κ1) is 56.3. The standard InChI is InChI=1S/C48H82NO11P/c1-6-8-10-11-12-13-14-15-16-17-18-19-20-21-22-23-29-33-48(54)60-42(40-59-61(55,56)58-37-36-49(3,4)5)39-57-47(53)32-28-25-24-27-31-43-44(46(52)38-45(43)51)35-34-41(50)30-26-9-7-2/h15-16,18-19,21-22,24,27,34-35,41-45,50-51H,6-14,17,20,23,25-26,28-33,36-40H2,1-5H3/b16-15-,19-18-,22-21-,27-24-,35-34+/t41-,42+,43+,44+,45-/m0/s1. The Kier molecular flexibility index (Phi) is 32.1. The van der Waals surface area contributed by atoms with Crippen LogP contribution in [0.15, 0.2) is 60.8 Å². The highest BCUT2D eigenvalue weighted by Gasteiger charge is 2.39. The molecule has 12 nitrogen and oxygen atoms in total. The topological polar surface area (TPSA) is 169 Å². The zero-order chi connectivity index (χ0) is 45.2. The molecular formula is C48H82NO11P. The first-order valence-corrected chi connectivity index (χ1v) is 24.6. The van der Waals surface area contributed by atoms with Gasteiger partial charge in [-0.3, -0.25) is 18.9 Å². The molecule has 0 aromatic carbocycles. The van der Waals surface area contributed by atoms with Crippen LogP contribution in [0, 0.1) is 11.8 Å². The molecule has 0 bridgehead atoms. The number of aliphatic hydroxyl groups excluding tert-OH is 2. The van der Waals surface area contributed by atoms with E-state index in [2.05, 4.69) is 44.2 Å². The van der Waals surface area contributed by atoms with Gasteiger partial charge >= 0.3 is 11.9 Å². The van der Waals surface area contributed by atoms with Crippen molar-refractivity contribution in [2.24, 2.45) is 11.8 Å². The molecule has 1 fully saturated rings. The van der Waals surface area contributed by atoms with Gasteiger partial charge in [-0.1, -0.05) is 126 Å². The summed E-state index contributed by atoms with van der Waals surface area (Å²) in [7, 11) is 0.981. The van der Waals surface area contributed by atoms with Crippen molar-refractivity contribution in [2.45, 2.75) is 167 Å². The van der Waals surface area contributed by atoms with Crippen molar-refractivity contribution in [1.29, 1.82) is 0 Å². The van der Waals surface area contributed by atoms with Gasteiger partial charge in [0.2, 0.25) is 0 Å². The predicted molar refractivity (Wildman–Crippen MR) is 241 cm³/mol. The Labute approximate surface area is 368 Å². The zero-order valence-electron chi connectivity index (χ0n) is 38.3. The van der Waals surface area contributed by atoms with Crippen LogP contribution in [0.25, 0.3) is 0 Å². The quantitative estimate of drug-likeness (QED) is 0.0201. The van der Waals surface area contributed by atoms with Crippen molar-refractivity contribution in [3.8, 4) is 0 Å². The summed E-state index contributed by atoms with van der Waals surface area (Å²) in [6, 6.07) is 0. The number of nitrogens with zero attached hydrogens (tertiary/aromatic N) is 1. The van der Waals surface area contributed by atoms with E-state index in [9.17, 15) is 34.1 Å². The number of allylic oxidation sites excluding steroid dienone is 9. The second kappa shape index (κ2) is 34.7. The van der Waals surface area contributed by atoms with Crippen molar-refractivity contribution >= 4 is 25.5 Å². The van der Waals surface area contributed by atoms with E-state index < -0.39 is 50.6 Å². The van der Waals surface area contributed by atoms with Crippen LogP contribution >= 0.6 is 7.82 Å². The maximum absolute atomic E-state index is 12.7. The van der Waals surface area contributed by atoms with Crippen LogP contribution in [0.4, 0.5) is 0 Å². The number of hydrogen-bond acceptors (Lipinski definition) is 11. The molecule has 1 aliphatic rings. The largest absolute Gasteiger partial charge is 0.756 e. The van der Waals surface area contributed by atoms with Gasteiger partial charge in [0.15, 0.2) is 6.10 Å². The zero-order valence-corrected chi connectivity index (χ0v) is 39.2. The number of Topliss-reactive ketones (excluding diaryl/α,β-unsaturated/α-hetero) is 1. The lowest BCUT2D eigenvalue weighted by atomic mass is 9.90. The van der Waals surface area contributed by atoms with Crippen molar-refractivity contribution < 1.29 is 57.1 Å². The third-order valence-electron chi connectivity index (χ3n) is 10.4. The average molecular weight is 880 g/mol. The molecule has 0 spiro atoms. The van der Waals surface area contributed by atoms with E-state index in [0.717, 1.165) is 38.5 Å². The number of quaternary nitrogens is 1. The molecule has 1 rings (SSSR count). The summed E-state index contributed by atoms with van der Waals surface area (Å²) in [6.07, 6.45) is 34.8. The third-order valence-corrected chi connectivity index (χ3v) is 11.4. The fourth-order valence-electron chi connectivity index (χ4n) is 6.65. The smallest absolute Gasteiger partial charge is 0.306 e. The normalized spacial score (nSPS) is 19.5. The fraction of sp³-hybridized carbons (Fsp3) is 0.729. The highest BCUT2D eigenvalue weighted by atomic mass is 31.2. The number of unbranched alkanes of at least 4 members (excludes halogenated alkanes) is 10. The highest BCUT2D eigenvalue weighted by molar-refractivity contribution is 7.45. The maximum atomic E-state index is 12.7. The van der Waals surface area contributed by atoms with E-state index >= 15 is 0 Å². The number of esters is 2. The van der Waals surface area contributed by atoms with Crippen LogP contribution < -0.4 is 4.89 Å². The summed E-state index contributed by atoms with van der Waals surface area (Å²) in [5, 5.41) is 20.7. The Balaban J connectivity index is 2.53. The molecule has 0 amide bonds. The lowest BCUT2D eigenvalue weighted by molar-refractivity contribution is -0.870. The summed E-state index contributed by atoms with van der Waals surface area (Å²) in [5.74, 6) is -1.85.